The van der Waals surface area contributed by atoms with Crippen LogP contribution in [0.25, 0.3) is 0 Å². The summed E-state index contributed by atoms with van der Waals surface area (Å²) in [6, 6.07) is 14.4. The number of nitrogens with two attached hydrogens (primary N) is 1. The Labute approximate surface area is 140 Å². The molecule has 1 aliphatic rings. The first-order chi connectivity index (χ1) is 11.5. The number of hydrogen-bond donors (Lipinski definition) is 2. The largest absolute Gasteiger partial charge is 0.370 e. The van der Waals surface area contributed by atoms with Crippen LogP contribution in [0.3, 0.4) is 0 Å². The lowest BCUT2D eigenvalue weighted by atomic mass is 9.97. The molecule has 0 saturated carbocycles. The molecular formula is C18H18N4O2. The van der Waals surface area contributed by atoms with Crippen LogP contribution >= 0.6 is 0 Å². The van der Waals surface area contributed by atoms with Crippen molar-refractivity contribution >= 4 is 17.3 Å². The monoisotopic (exact) mass is 322 g/mol. The summed E-state index contributed by atoms with van der Waals surface area (Å²) in [6.45, 7) is 0.636. The molecule has 0 radical (unpaired) electrons. The average molecular weight is 322 g/mol. The zero-order valence-electron chi connectivity index (χ0n) is 13.3. The maximum absolute atomic E-state index is 11.7. The van der Waals surface area contributed by atoms with Crippen molar-refractivity contribution in [1.82, 2.24) is 0 Å². The molecule has 6 nitrogen and oxygen atoms in total. The molecule has 24 heavy (non-hydrogen) atoms. The van der Waals surface area contributed by atoms with Gasteiger partial charge in [-0.15, -0.1) is 0 Å². The third-order valence-electron chi connectivity index (χ3n) is 4.17. The van der Waals surface area contributed by atoms with Gasteiger partial charge in [0.15, 0.2) is 0 Å². The summed E-state index contributed by atoms with van der Waals surface area (Å²) in [6.07, 6.45) is 0.409. The standard InChI is InChI=1S/C18H18N4O2/c1-21(15-4-2-3-12(8-15)10-19)11-13-5-6-17-14(7-13)9-16(20)18(23)22(17)24/h2-8,16,24H,9,11,20H2,1H3/t16-/m0/s1. The first kappa shape index (κ1) is 16.0. The van der Waals surface area contributed by atoms with E-state index in [-0.39, 0.29) is 0 Å². The molecule has 0 aromatic heterocycles. The SMILES string of the molecule is CN(Cc1ccc2c(c1)C[C@H](N)C(=O)N2O)c1cccc(C#N)c1. The molecule has 0 aliphatic carbocycles. The Morgan fingerprint density at radius 3 is 2.92 bits per heavy atom. The van der Waals surface area contributed by atoms with E-state index in [0.29, 0.717) is 29.3 Å². The van der Waals surface area contributed by atoms with E-state index in [9.17, 15) is 10.0 Å². The van der Waals surface area contributed by atoms with E-state index >= 15 is 0 Å². The number of carbonyl (C=O) groups excluding carboxylic acids is 1. The second-order valence-corrected chi connectivity index (χ2v) is 5.94. The van der Waals surface area contributed by atoms with E-state index in [1.54, 1.807) is 12.1 Å². The Hall–Kier alpha value is -2.88. The highest BCUT2D eigenvalue weighted by Gasteiger charge is 2.29. The highest BCUT2D eigenvalue weighted by molar-refractivity contribution is 5.98. The van der Waals surface area contributed by atoms with Crippen molar-refractivity contribution in [2.24, 2.45) is 5.73 Å². The van der Waals surface area contributed by atoms with Gasteiger partial charge in [0.25, 0.3) is 5.91 Å². The molecule has 1 heterocycles. The van der Waals surface area contributed by atoms with Crippen molar-refractivity contribution in [2.75, 3.05) is 17.0 Å². The molecule has 0 spiro atoms. The second kappa shape index (κ2) is 6.32. The number of amides is 1. The topological polar surface area (TPSA) is 93.6 Å². The van der Waals surface area contributed by atoms with Gasteiger partial charge in [-0.05, 0) is 41.8 Å². The molecule has 1 aliphatic heterocycles. The van der Waals surface area contributed by atoms with Crippen LogP contribution in [0.15, 0.2) is 42.5 Å². The Morgan fingerprint density at radius 2 is 2.17 bits per heavy atom. The van der Waals surface area contributed by atoms with Gasteiger partial charge >= 0.3 is 0 Å². The highest BCUT2D eigenvalue weighted by Crippen LogP contribution is 2.28. The summed E-state index contributed by atoms with van der Waals surface area (Å²) in [5, 5.41) is 19.5. The molecule has 0 fully saturated rings. The van der Waals surface area contributed by atoms with Crippen LogP contribution in [0.1, 0.15) is 16.7 Å². The van der Waals surface area contributed by atoms with Gasteiger partial charge in [-0.3, -0.25) is 10.0 Å². The fourth-order valence-electron chi connectivity index (χ4n) is 2.89. The maximum Gasteiger partial charge on any atom is 0.267 e. The molecule has 2 aromatic rings. The molecule has 3 rings (SSSR count). The van der Waals surface area contributed by atoms with Crippen molar-refractivity contribution in [3.63, 3.8) is 0 Å². The highest BCUT2D eigenvalue weighted by atomic mass is 16.5. The van der Waals surface area contributed by atoms with Crippen molar-refractivity contribution in [3.05, 3.63) is 59.2 Å². The molecule has 0 bridgehead atoms. The molecule has 1 amide bonds. The average Bonchev–Trinajstić information content (AvgIpc) is 2.59. The van der Waals surface area contributed by atoms with Gasteiger partial charge in [-0.2, -0.15) is 10.3 Å². The van der Waals surface area contributed by atoms with E-state index in [0.717, 1.165) is 16.8 Å². The van der Waals surface area contributed by atoms with Crippen LogP contribution in [0.2, 0.25) is 0 Å². The van der Waals surface area contributed by atoms with Gasteiger partial charge in [-0.1, -0.05) is 18.2 Å². The maximum atomic E-state index is 11.7. The number of benzene rings is 2. The minimum atomic E-state index is -0.720. The molecule has 0 saturated heterocycles. The lowest BCUT2D eigenvalue weighted by molar-refractivity contribution is -0.125. The summed E-state index contributed by atoms with van der Waals surface area (Å²) >= 11 is 0. The van der Waals surface area contributed by atoms with Crippen LogP contribution < -0.4 is 15.7 Å². The minimum absolute atomic E-state index is 0.409. The van der Waals surface area contributed by atoms with E-state index in [1.807, 2.05) is 42.3 Å². The van der Waals surface area contributed by atoms with E-state index < -0.39 is 11.9 Å². The number of hydrogen-bond acceptors (Lipinski definition) is 5. The third kappa shape index (κ3) is 2.95. The van der Waals surface area contributed by atoms with Gasteiger partial charge < -0.3 is 10.6 Å². The number of carbonyl (C=O) groups is 1. The first-order valence-electron chi connectivity index (χ1n) is 7.61. The number of fused-ring (bicyclic) bond motifs is 1. The Morgan fingerprint density at radius 1 is 1.38 bits per heavy atom. The van der Waals surface area contributed by atoms with Gasteiger partial charge in [0.05, 0.1) is 23.4 Å². The fraction of sp³-hybridized carbons (Fsp3) is 0.222. The van der Waals surface area contributed by atoms with Crippen LogP contribution in [0.5, 0.6) is 0 Å². The normalized spacial score (nSPS) is 16.5. The van der Waals surface area contributed by atoms with Crippen LogP contribution in [-0.2, 0) is 17.8 Å². The van der Waals surface area contributed by atoms with Crippen molar-refractivity contribution in [1.29, 1.82) is 5.26 Å². The zero-order chi connectivity index (χ0) is 17.3. The molecule has 6 heteroatoms. The van der Waals surface area contributed by atoms with E-state index in [2.05, 4.69) is 6.07 Å². The first-order valence-corrected chi connectivity index (χ1v) is 7.61. The van der Waals surface area contributed by atoms with Crippen LogP contribution in [0, 0.1) is 11.3 Å². The van der Waals surface area contributed by atoms with E-state index in [4.69, 9.17) is 11.0 Å². The number of rotatable bonds is 3. The Kier molecular flexibility index (Phi) is 4.21. The van der Waals surface area contributed by atoms with Crippen molar-refractivity contribution < 1.29 is 10.0 Å². The van der Waals surface area contributed by atoms with Crippen LogP contribution in [0.4, 0.5) is 11.4 Å². The molecular weight excluding hydrogens is 304 g/mol. The van der Waals surface area contributed by atoms with E-state index in [1.165, 1.54) is 0 Å². The number of anilines is 2. The predicted molar refractivity (Wildman–Crippen MR) is 90.7 cm³/mol. The fourth-order valence-corrected chi connectivity index (χ4v) is 2.89. The molecule has 2 aromatic carbocycles. The number of hydroxylamine groups is 1. The van der Waals surface area contributed by atoms with Gasteiger partial charge in [0, 0.05) is 19.3 Å². The quantitative estimate of drug-likeness (QED) is 0.841. The second-order valence-electron chi connectivity index (χ2n) is 5.94. The minimum Gasteiger partial charge on any atom is -0.370 e. The van der Waals surface area contributed by atoms with Gasteiger partial charge in [0.2, 0.25) is 0 Å². The van der Waals surface area contributed by atoms with Crippen molar-refractivity contribution in [3.8, 4) is 6.07 Å². The number of nitrogens with zero attached hydrogens (tertiary/aromatic N) is 3. The smallest absolute Gasteiger partial charge is 0.267 e. The van der Waals surface area contributed by atoms with Crippen LogP contribution in [-0.4, -0.2) is 24.2 Å². The lowest BCUT2D eigenvalue weighted by Gasteiger charge is -2.28. The van der Waals surface area contributed by atoms with Gasteiger partial charge in [0.1, 0.15) is 0 Å². The predicted octanol–water partition coefficient (Wildman–Crippen LogP) is 1.80. The lowest BCUT2D eigenvalue weighted by Crippen LogP contribution is -2.47. The summed E-state index contributed by atoms with van der Waals surface area (Å²) in [5.74, 6) is -0.485. The summed E-state index contributed by atoms with van der Waals surface area (Å²) in [5.41, 5.74) is 9.70. The Bertz CT molecular complexity index is 828. The summed E-state index contributed by atoms with van der Waals surface area (Å²) in [4.78, 5) is 13.7. The Balaban J connectivity index is 1.83. The zero-order valence-corrected chi connectivity index (χ0v) is 13.3. The molecule has 0 unspecified atom stereocenters. The number of nitriles is 1. The molecule has 3 N–H and O–H groups in total. The van der Waals surface area contributed by atoms with Gasteiger partial charge in [-0.25, -0.2) is 0 Å². The molecule has 122 valence electrons. The van der Waals surface area contributed by atoms with Crippen molar-refractivity contribution in [2.45, 2.75) is 19.0 Å². The summed E-state index contributed by atoms with van der Waals surface area (Å²) in [7, 11) is 1.95. The third-order valence-corrected chi connectivity index (χ3v) is 4.17. The molecule has 1 atom stereocenters. The summed E-state index contributed by atoms with van der Waals surface area (Å²) < 4.78 is 0.